The Morgan fingerprint density at radius 1 is 1.25 bits per heavy atom. The van der Waals surface area contributed by atoms with Gasteiger partial charge in [-0.15, -0.1) is 0 Å². The molecule has 0 aliphatic carbocycles. The van der Waals surface area contributed by atoms with Crippen molar-refractivity contribution in [2.45, 2.75) is 13.0 Å². The second-order valence-corrected chi connectivity index (χ2v) is 3.59. The van der Waals surface area contributed by atoms with Crippen molar-refractivity contribution in [3.05, 3.63) is 42.5 Å². The van der Waals surface area contributed by atoms with Gasteiger partial charge in [-0.25, -0.2) is 15.0 Å². The van der Waals surface area contributed by atoms with Crippen LogP contribution in [0.15, 0.2) is 31.2 Å². The molecule has 5 heteroatoms. The zero-order chi connectivity index (χ0) is 11.4. The van der Waals surface area contributed by atoms with E-state index < -0.39 is 0 Å². The van der Waals surface area contributed by atoms with Crippen LogP contribution in [0.5, 0.6) is 0 Å². The van der Waals surface area contributed by atoms with Crippen LogP contribution in [-0.4, -0.2) is 26.1 Å². The summed E-state index contributed by atoms with van der Waals surface area (Å²) in [5.41, 5.74) is 2.16. The molecule has 2 rings (SSSR count). The van der Waals surface area contributed by atoms with Gasteiger partial charge >= 0.3 is 0 Å². The number of rotatable bonds is 4. The highest BCUT2D eigenvalue weighted by atomic mass is 15.1. The summed E-state index contributed by atoms with van der Waals surface area (Å²) in [6, 6.07) is 0.0960. The largest absolute Gasteiger partial charge is 0.336 e. The molecule has 2 aromatic rings. The number of aryl methyl sites for hydroxylation is 1. The second-order valence-electron chi connectivity index (χ2n) is 3.59. The van der Waals surface area contributed by atoms with E-state index in [9.17, 15) is 0 Å². The molecule has 0 amide bonds. The van der Waals surface area contributed by atoms with E-state index in [0.29, 0.717) is 0 Å². The molecule has 2 heterocycles. The van der Waals surface area contributed by atoms with Crippen LogP contribution in [0.25, 0.3) is 0 Å². The van der Waals surface area contributed by atoms with Crippen LogP contribution in [0.3, 0.4) is 0 Å². The predicted octanol–water partition coefficient (Wildman–Crippen LogP) is 0.909. The highest BCUT2D eigenvalue weighted by Gasteiger charge is 2.16. The van der Waals surface area contributed by atoms with E-state index in [2.05, 4.69) is 27.2 Å². The summed E-state index contributed by atoms with van der Waals surface area (Å²) in [6.45, 7) is 2.96. The van der Waals surface area contributed by atoms with Gasteiger partial charge in [-0.1, -0.05) is 6.92 Å². The summed E-state index contributed by atoms with van der Waals surface area (Å²) in [5, 5.41) is 3.40. The van der Waals surface area contributed by atoms with Gasteiger partial charge in [-0.05, 0) is 6.54 Å². The van der Waals surface area contributed by atoms with Crippen molar-refractivity contribution >= 4 is 0 Å². The molecule has 84 valence electrons. The van der Waals surface area contributed by atoms with Crippen molar-refractivity contribution in [2.24, 2.45) is 7.05 Å². The topological polar surface area (TPSA) is 55.6 Å². The van der Waals surface area contributed by atoms with Crippen LogP contribution in [0.1, 0.15) is 24.2 Å². The third kappa shape index (κ3) is 2.09. The first kappa shape index (κ1) is 10.8. The molecule has 0 bridgehead atoms. The van der Waals surface area contributed by atoms with Crippen molar-refractivity contribution in [1.29, 1.82) is 0 Å². The molecule has 0 fully saturated rings. The molecule has 16 heavy (non-hydrogen) atoms. The fourth-order valence-corrected chi connectivity index (χ4v) is 1.70. The lowest BCUT2D eigenvalue weighted by atomic mass is 10.1. The molecule has 2 aromatic heterocycles. The lowest BCUT2D eigenvalue weighted by molar-refractivity contribution is 0.590. The smallest absolute Gasteiger partial charge is 0.115 e. The number of nitrogens with zero attached hydrogens (tertiary/aromatic N) is 4. The lowest BCUT2D eigenvalue weighted by Crippen LogP contribution is -2.24. The number of hydrogen-bond acceptors (Lipinski definition) is 4. The third-order valence-corrected chi connectivity index (χ3v) is 2.47. The van der Waals surface area contributed by atoms with E-state index in [-0.39, 0.29) is 6.04 Å². The molecule has 0 radical (unpaired) electrons. The van der Waals surface area contributed by atoms with Crippen LogP contribution in [0, 0.1) is 0 Å². The Hall–Kier alpha value is -1.75. The van der Waals surface area contributed by atoms with E-state index in [1.54, 1.807) is 6.33 Å². The maximum Gasteiger partial charge on any atom is 0.115 e. The van der Waals surface area contributed by atoms with Crippen molar-refractivity contribution in [3.63, 3.8) is 0 Å². The molecule has 5 nitrogen and oxygen atoms in total. The van der Waals surface area contributed by atoms with Crippen LogP contribution in [0.2, 0.25) is 0 Å². The van der Waals surface area contributed by atoms with Crippen molar-refractivity contribution in [3.8, 4) is 0 Å². The van der Waals surface area contributed by atoms with E-state index >= 15 is 0 Å². The lowest BCUT2D eigenvalue weighted by Gasteiger charge is -2.17. The van der Waals surface area contributed by atoms with Gasteiger partial charge in [0.1, 0.15) is 6.33 Å². The maximum atomic E-state index is 4.13. The average molecular weight is 217 g/mol. The Bertz CT molecular complexity index is 437. The summed E-state index contributed by atoms with van der Waals surface area (Å²) < 4.78 is 2.00. The Morgan fingerprint density at radius 3 is 2.56 bits per heavy atom. The molecule has 0 aliphatic heterocycles. The Balaban J connectivity index is 2.35. The van der Waals surface area contributed by atoms with Gasteiger partial charge in [0.2, 0.25) is 0 Å². The molecular formula is C11H15N5. The summed E-state index contributed by atoms with van der Waals surface area (Å²) in [7, 11) is 1.98. The van der Waals surface area contributed by atoms with Crippen LogP contribution in [-0.2, 0) is 7.05 Å². The van der Waals surface area contributed by atoms with Crippen LogP contribution >= 0.6 is 0 Å². The van der Waals surface area contributed by atoms with Gasteiger partial charge in [-0.3, -0.25) is 0 Å². The van der Waals surface area contributed by atoms with E-state index in [0.717, 1.165) is 17.8 Å². The molecule has 0 saturated heterocycles. The Labute approximate surface area is 94.6 Å². The Morgan fingerprint density at radius 2 is 2.00 bits per heavy atom. The van der Waals surface area contributed by atoms with Gasteiger partial charge in [0.15, 0.2) is 0 Å². The molecule has 0 aromatic carbocycles. The maximum absolute atomic E-state index is 4.13. The molecule has 1 N–H and O–H groups in total. The molecule has 0 saturated carbocycles. The highest BCUT2D eigenvalue weighted by Crippen LogP contribution is 2.19. The fourth-order valence-electron chi connectivity index (χ4n) is 1.70. The third-order valence-electron chi connectivity index (χ3n) is 2.47. The Kier molecular flexibility index (Phi) is 3.26. The summed E-state index contributed by atoms with van der Waals surface area (Å²) in [4.78, 5) is 12.2. The van der Waals surface area contributed by atoms with E-state index in [4.69, 9.17) is 0 Å². The first-order chi connectivity index (χ1) is 7.83. The fraction of sp³-hybridized carbons (Fsp3) is 0.364. The molecule has 1 atom stereocenters. The average Bonchev–Trinajstić information content (AvgIpc) is 2.73. The predicted molar refractivity (Wildman–Crippen MR) is 60.8 cm³/mol. The van der Waals surface area contributed by atoms with Crippen LogP contribution in [0.4, 0.5) is 0 Å². The minimum absolute atomic E-state index is 0.0960. The van der Waals surface area contributed by atoms with Crippen LogP contribution < -0.4 is 5.32 Å². The number of imidazole rings is 1. The highest BCUT2D eigenvalue weighted by molar-refractivity contribution is 5.22. The monoisotopic (exact) mass is 217 g/mol. The van der Waals surface area contributed by atoms with Gasteiger partial charge in [-0.2, -0.15) is 0 Å². The van der Waals surface area contributed by atoms with E-state index in [1.165, 1.54) is 6.33 Å². The molecule has 0 spiro atoms. The van der Waals surface area contributed by atoms with Gasteiger partial charge in [0.05, 0.1) is 24.3 Å². The minimum atomic E-state index is 0.0960. The molecular weight excluding hydrogens is 202 g/mol. The normalized spacial score (nSPS) is 12.6. The van der Waals surface area contributed by atoms with E-state index in [1.807, 2.05) is 30.2 Å². The summed E-state index contributed by atoms with van der Waals surface area (Å²) >= 11 is 0. The van der Waals surface area contributed by atoms with Crippen molar-refractivity contribution in [2.75, 3.05) is 6.54 Å². The molecule has 0 aliphatic rings. The van der Waals surface area contributed by atoms with Gasteiger partial charge in [0, 0.05) is 25.0 Å². The minimum Gasteiger partial charge on any atom is -0.336 e. The van der Waals surface area contributed by atoms with Crippen molar-refractivity contribution < 1.29 is 0 Å². The van der Waals surface area contributed by atoms with Crippen molar-refractivity contribution in [1.82, 2.24) is 24.8 Å². The summed E-state index contributed by atoms with van der Waals surface area (Å²) in [5.74, 6) is 0. The van der Waals surface area contributed by atoms with Gasteiger partial charge in [0.25, 0.3) is 0 Å². The first-order valence-electron chi connectivity index (χ1n) is 5.27. The quantitative estimate of drug-likeness (QED) is 0.827. The summed E-state index contributed by atoms with van der Waals surface area (Å²) in [6.07, 6.45) is 8.85. The zero-order valence-electron chi connectivity index (χ0n) is 9.46. The number of aromatic nitrogens is 4. The first-order valence-corrected chi connectivity index (χ1v) is 5.27. The molecule has 1 unspecified atom stereocenters. The standard InChI is InChI=1S/C11H15N5/c1-3-15-11(9-4-12-7-13-5-9)10-6-14-8-16(10)2/h4-8,11,15H,3H2,1-2H3. The number of nitrogens with one attached hydrogen (secondary N) is 1. The van der Waals surface area contributed by atoms with Gasteiger partial charge < -0.3 is 9.88 Å². The number of hydrogen-bond donors (Lipinski definition) is 1. The zero-order valence-corrected chi connectivity index (χ0v) is 9.46. The second kappa shape index (κ2) is 4.85. The SMILES string of the molecule is CCNC(c1cncnc1)c1cncn1C.